The number of carbonyl (C=O) groups is 2. The van der Waals surface area contributed by atoms with Crippen molar-refractivity contribution in [2.24, 2.45) is 0 Å². The van der Waals surface area contributed by atoms with E-state index in [9.17, 15) is 23.5 Å². The Bertz CT molecular complexity index is 1160. The van der Waals surface area contributed by atoms with Crippen LogP contribution in [-0.4, -0.2) is 30.6 Å². The van der Waals surface area contributed by atoms with Crippen LogP contribution in [0.3, 0.4) is 0 Å². The number of halogens is 2. The van der Waals surface area contributed by atoms with Gasteiger partial charge in [-0.1, -0.05) is 66.7 Å². The van der Waals surface area contributed by atoms with Gasteiger partial charge in [-0.3, -0.25) is 4.79 Å². The molecule has 1 amide bonds. The predicted octanol–water partition coefficient (Wildman–Crippen LogP) is 2.83. The summed E-state index contributed by atoms with van der Waals surface area (Å²) in [6.07, 6.45) is -1.62. The fourth-order valence-corrected chi connectivity index (χ4v) is 3.76. The number of aliphatic carboxylic acids is 1. The highest BCUT2D eigenvalue weighted by atomic mass is 19.3. The van der Waals surface area contributed by atoms with Gasteiger partial charge in [-0.15, -0.1) is 0 Å². The molecule has 0 aliphatic rings. The average molecular weight is 511 g/mol. The summed E-state index contributed by atoms with van der Waals surface area (Å²) in [7, 11) is 0. The van der Waals surface area contributed by atoms with Gasteiger partial charge < -0.3 is 31.0 Å². The van der Waals surface area contributed by atoms with Gasteiger partial charge in [0.05, 0.1) is 11.7 Å². The van der Waals surface area contributed by atoms with Crippen molar-refractivity contribution < 1.29 is 28.2 Å². The number of aryl methyl sites for hydroxylation is 1. The third-order valence-electron chi connectivity index (χ3n) is 5.74. The minimum absolute atomic E-state index is 0.179. The zero-order chi connectivity index (χ0) is 26.7. The maximum atomic E-state index is 13.4. The van der Waals surface area contributed by atoms with Crippen molar-refractivity contribution in [2.75, 3.05) is 12.3 Å². The highest BCUT2D eigenvalue weighted by Crippen LogP contribution is 2.28. The van der Waals surface area contributed by atoms with E-state index in [1.807, 2.05) is 48.5 Å². The van der Waals surface area contributed by atoms with Crippen molar-refractivity contribution >= 4 is 17.6 Å². The second-order valence-corrected chi connectivity index (χ2v) is 8.64. The van der Waals surface area contributed by atoms with E-state index >= 15 is 0 Å². The molecule has 1 atom stereocenters. The molecule has 0 aliphatic heterocycles. The van der Waals surface area contributed by atoms with E-state index in [1.165, 1.54) is 17.7 Å². The zero-order valence-corrected chi connectivity index (χ0v) is 20.3. The van der Waals surface area contributed by atoms with Crippen molar-refractivity contribution in [3.63, 3.8) is 0 Å². The molecule has 3 rings (SSSR count). The van der Waals surface area contributed by atoms with E-state index in [0.717, 1.165) is 30.9 Å². The number of carbonyl (C=O) groups excluding carboxylic acids is 2. The number of hydrogen-bond acceptors (Lipinski definition) is 6. The number of anilines is 1. The minimum Gasteiger partial charge on any atom is -0.541 e. The van der Waals surface area contributed by atoms with Gasteiger partial charge in [0.1, 0.15) is 5.75 Å². The van der Waals surface area contributed by atoms with Crippen molar-refractivity contribution in [3.05, 3.63) is 95.6 Å². The Morgan fingerprint density at radius 2 is 1.57 bits per heavy atom. The fourth-order valence-electron chi connectivity index (χ4n) is 3.76. The lowest BCUT2D eigenvalue weighted by Crippen LogP contribution is -2.46. The lowest BCUT2D eigenvalue weighted by atomic mass is 10.0. The standard InChI is InChI=1S/C28H31F2N3O4/c29-28(30,27(35)36)37-25-15-14-22(17-23(25)31)18-24(33-19-21-12-5-2-6-13-21)26(34)32-16-8-7-11-20-9-3-1-4-10-20/h1-6,9-10,12-15,17,24,33H,7-8,11,16,18-19,31H2,(H,32,34)(H,35,36)/p-1/t24-/m0/s1. The van der Waals surface area contributed by atoms with Gasteiger partial charge in [0.2, 0.25) is 5.91 Å². The molecule has 37 heavy (non-hydrogen) atoms. The number of nitrogens with one attached hydrogen (secondary N) is 2. The Morgan fingerprint density at radius 3 is 2.19 bits per heavy atom. The number of nitrogens with two attached hydrogens (primary N) is 1. The van der Waals surface area contributed by atoms with E-state index < -0.39 is 23.9 Å². The number of benzene rings is 3. The minimum atomic E-state index is -4.52. The van der Waals surface area contributed by atoms with E-state index in [1.54, 1.807) is 0 Å². The number of ether oxygens (including phenoxy) is 1. The monoisotopic (exact) mass is 510 g/mol. The Labute approximate surface area is 214 Å². The molecule has 9 heteroatoms. The van der Waals surface area contributed by atoms with Crippen molar-refractivity contribution in [2.45, 2.75) is 44.4 Å². The van der Waals surface area contributed by atoms with Gasteiger partial charge in [0, 0.05) is 13.1 Å². The molecule has 3 aromatic carbocycles. The maximum absolute atomic E-state index is 13.4. The summed E-state index contributed by atoms with van der Waals surface area (Å²) in [5.41, 5.74) is 8.47. The van der Waals surface area contributed by atoms with Crippen LogP contribution in [0.1, 0.15) is 29.5 Å². The van der Waals surface area contributed by atoms with E-state index in [-0.39, 0.29) is 18.0 Å². The van der Waals surface area contributed by atoms with Crippen LogP contribution in [0.15, 0.2) is 78.9 Å². The number of nitrogen functional groups attached to an aromatic ring is 1. The Kier molecular flexibility index (Phi) is 9.97. The largest absolute Gasteiger partial charge is 0.541 e. The van der Waals surface area contributed by atoms with Gasteiger partial charge in [-0.05, 0) is 54.5 Å². The van der Waals surface area contributed by atoms with Crippen molar-refractivity contribution in [3.8, 4) is 5.75 Å². The third kappa shape index (κ3) is 8.88. The molecule has 0 spiro atoms. The van der Waals surface area contributed by atoms with Gasteiger partial charge in [0.15, 0.2) is 5.97 Å². The van der Waals surface area contributed by atoms with Crippen LogP contribution in [0.2, 0.25) is 0 Å². The highest BCUT2D eigenvalue weighted by molar-refractivity contribution is 5.82. The first-order valence-corrected chi connectivity index (χ1v) is 12.0. The zero-order valence-electron chi connectivity index (χ0n) is 20.3. The molecule has 0 bridgehead atoms. The second-order valence-electron chi connectivity index (χ2n) is 8.64. The van der Waals surface area contributed by atoms with Crippen LogP contribution in [0.25, 0.3) is 0 Å². The Balaban J connectivity index is 1.61. The van der Waals surface area contributed by atoms with Crippen LogP contribution >= 0.6 is 0 Å². The summed E-state index contributed by atoms with van der Waals surface area (Å²) in [6.45, 7) is 0.962. The molecule has 196 valence electrons. The lowest BCUT2D eigenvalue weighted by Gasteiger charge is -2.21. The third-order valence-corrected chi connectivity index (χ3v) is 5.74. The Hall–Kier alpha value is -3.98. The SMILES string of the molecule is Nc1cc(C[C@H](NCc2ccccc2)C(=O)NCCCCc2ccccc2)ccc1OC(F)(F)C(=O)[O-]. The van der Waals surface area contributed by atoms with Crippen LogP contribution in [0.5, 0.6) is 5.75 Å². The number of alkyl halides is 2. The summed E-state index contributed by atoms with van der Waals surface area (Å²) < 4.78 is 30.9. The molecule has 4 N–H and O–H groups in total. The van der Waals surface area contributed by atoms with E-state index in [2.05, 4.69) is 27.5 Å². The summed E-state index contributed by atoms with van der Waals surface area (Å²) in [5.74, 6) is -3.35. The second kappa shape index (κ2) is 13.4. The molecule has 3 aromatic rings. The van der Waals surface area contributed by atoms with Gasteiger partial charge in [0.25, 0.3) is 0 Å². The van der Waals surface area contributed by atoms with Crippen LogP contribution in [-0.2, 0) is 29.0 Å². The number of rotatable bonds is 14. The topological polar surface area (TPSA) is 117 Å². The number of carboxylic acids is 1. The molecule has 0 saturated carbocycles. The lowest BCUT2D eigenvalue weighted by molar-refractivity contribution is -0.350. The number of hydrogen-bond donors (Lipinski definition) is 3. The number of unbranched alkanes of at least 4 members (excludes halogenated alkanes) is 1. The first kappa shape index (κ1) is 27.6. The number of amides is 1. The summed E-state index contributed by atoms with van der Waals surface area (Å²) in [4.78, 5) is 23.5. The van der Waals surface area contributed by atoms with Crippen molar-refractivity contribution in [1.29, 1.82) is 0 Å². The molecule has 0 unspecified atom stereocenters. The predicted molar refractivity (Wildman–Crippen MR) is 135 cm³/mol. The molecule has 0 heterocycles. The summed E-state index contributed by atoms with van der Waals surface area (Å²) >= 11 is 0. The molecule has 0 radical (unpaired) electrons. The Morgan fingerprint density at radius 1 is 0.919 bits per heavy atom. The first-order chi connectivity index (χ1) is 17.7. The van der Waals surface area contributed by atoms with Crippen LogP contribution in [0, 0.1) is 0 Å². The maximum Gasteiger partial charge on any atom is 0.441 e. The van der Waals surface area contributed by atoms with E-state index in [0.29, 0.717) is 18.7 Å². The van der Waals surface area contributed by atoms with Gasteiger partial charge >= 0.3 is 6.11 Å². The highest BCUT2D eigenvalue weighted by Gasteiger charge is 2.34. The molecule has 0 saturated heterocycles. The molecular formula is C28H30F2N3O4-. The summed E-state index contributed by atoms with van der Waals surface area (Å²) in [5, 5.41) is 16.7. The first-order valence-electron chi connectivity index (χ1n) is 12.0. The smallest absolute Gasteiger partial charge is 0.441 e. The normalized spacial score (nSPS) is 12.1. The summed E-state index contributed by atoms with van der Waals surface area (Å²) in [6, 6.07) is 23.1. The van der Waals surface area contributed by atoms with Gasteiger partial charge in [-0.25, -0.2) is 0 Å². The van der Waals surface area contributed by atoms with E-state index in [4.69, 9.17) is 5.73 Å². The molecule has 0 aromatic heterocycles. The van der Waals surface area contributed by atoms with Crippen LogP contribution in [0.4, 0.5) is 14.5 Å². The molecule has 0 aliphatic carbocycles. The van der Waals surface area contributed by atoms with Gasteiger partial charge in [-0.2, -0.15) is 8.78 Å². The average Bonchev–Trinajstić information content (AvgIpc) is 2.88. The van der Waals surface area contributed by atoms with Crippen molar-refractivity contribution in [1.82, 2.24) is 10.6 Å². The number of carboxylic acid groups (broad SMARTS) is 1. The fraction of sp³-hybridized carbons (Fsp3) is 0.286. The van der Waals surface area contributed by atoms with Crippen LogP contribution < -0.4 is 26.2 Å². The molecule has 0 fully saturated rings. The molecule has 7 nitrogen and oxygen atoms in total. The quantitative estimate of drug-likeness (QED) is 0.227. The molecular weight excluding hydrogens is 480 g/mol.